The zero-order valence-electron chi connectivity index (χ0n) is 16.3. The van der Waals surface area contributed by atoms with Crippen LogP contribution in [0.1, 0.15) is 28.7 Å². The molecule has 2 atom stereocenters. The number of rotatable bonds is 2. The second-order valence-electron chi connectivity index (χ2n) is 7.51. The van der Waals surface area contributed by atoms with E-state index >= 15 is 0 Å². The van der Waals surface area contributed by atoms with E-state index in [2.05, 4.69) is 62.7 Å². The van der Waals surface area contributed by atoms with E-state index in [9.17, 15) is 0 Å². The molecule has 1 aliphatic heterocycles. The summed E-state index contributed by atoms with van der Waals surface area (Å²) in [6.45, 7) is 9.56. The van der Waals surface area contributed by atoms with Crippen molar-refractivity contribution >= 4 is 37.7 Å². The van der Waals surface area contributed by atoms with Crippen molar-refractivity contribution in [2.75, 3.05) is 0 Å². The van der Waals surface area contributed by atoms with Crippen molar-refractivity contribution in [2.24, 2.45) is 0 Å². The van der Waals surface area contributed by atoms with Crippen LogP contribution in [0, 0.1) is 27.7 Å². The smallest absolute Gasteiger partial charge is 0.0385 e. The average Bonchev–Trinajstić information content (AvgIpc) is 3.41. The van der Waals surface area contributed by atoms with E-state index in [1.807, 2.05) is 22.7 Å². The number of thiophene rings is 2. The van der Waals surface area contributed by atoms with Gasteiger partial charge in [-0.05, 0) is 91.6 Å². The summed E-state index contributed by atoms with van der Waals surface area (Å²) >= 11 is 3.85. The third kappa shape index (κ3) is 2.61. The highest BCUT2D eigenvalue weighted by Gasteiger charge is 2.29. The van der Waals surface area contributed by atoms with Gasteiger partial charge in [0.25, 0.3) is 0 Å². The number of hydrogen-bond acceptors (Lipinski definition) is 2. The van der Waals surface area contributed by atoms with Crippen LogP contribution in [-0.2, 0) is 12.3 Å². The van der Waals surface area contributed by atoms with E-state index in [-0.39, 0.29) is 15.1 Å². The number of fused-ring (bicyclic) bond motifs is 3. The maximum atomic E-state index is 2.40. The summed E-state index contributed by atoms with van der Waals surface area (Å²) in [5.41, 5.74) is 6.32. The van der Waals surface area contributed by atoms with Gasteiger partial charge in [0, 0.05) is 30.9 Å². The van der Waals surface area contributed by atoms with Crippen LogP contribution in [0.2, 0.25) is 0 Å². The fraction of sp³-hybridized carbons (Fsp3) is 0.304. The van der Waals surface area contributed by atoms with E-state index in [4.69, 9.17) is 0 Å². The van der Waals surface area contributed by atoms with E-state index in [0.29, 0.717) is 0 Å². The molecule has 0 spiro atoms. The first-order chi connectivity index (χ1) is 13.1. The summed E-state index contributed by atoms with van der Waals surface area (Å²) in [4.78, 5) is 3.03. The van der Waals surface area contributed by atoms with Gasteiger partial charge in [0.1, 0.15) is 0 Å². The fourth-order valence-electron chi connectivity index (χ4n) is 4.65. The first-order valence-electron chi connectivity index (χ1n) is 9.57. The average molecular weight is 427 g/mol. The van der Waals surface area contributed by atoms with Crippen LogP contribution < -0.4 is 0 Å². The lowest BCUT2D eigenvalue weighted by Gasteiger charge is -2.08. The van der Waals surface area contributed by atoms with Gasteiger partial charge in [0.15, 0.2) is 0 Å². The summed E-state index contributed by atoms with van der Waals surface area (Å²) in [5.74, 6) is 0. The molecule has 0 N–H and O–H groups in total. The van der Waals surface area contributed by atoms with E-state index in [1.165, 1.54) is 28.5 Å². The Balaban J connectivity index is 1.85. The van der Waals surface area contributed by atoms with Gasteiger partial charge in [-0.2, -0.15) is 0 Å². The quantitative estimate of drug-likeness (QED) is 0.299. The molecule has 4 aromatic rings. The molecule has 4 aromatic heterocycles. The van der Waals surface area contributed by atoms with Crippen molar-refractivity contribution < 1.29 is 0 Å². The fourth-order valence-corrected chi connectivity index (χ4v) is 14.2. The number of hydrogen-bond donors (Lipinski definition) is 0. The summed E-state index contributed by atoms with van der Waals surface area (Å²) < 4.78 is 0. The van der Waals surface area contributed by atoms with Crippen LogP contribution >= 0.6 is 37.7 Å². The van der Waals surface area contributed by atoms with Gasteiger partial charge in [0.05, 0.1) is 0 Å². The van der Waals surface area contributed by atoms with Crippen molar-refractivity contribution in [1.82, 2.24) is 0 Å². The first-order valence-corrected chi connectivity index (χ1v) is 14.4. The molecule has 0 saturated heterocycles. The van der Waals surface area contributed by atoms with Gasteiger partial charge in [-0.3, -0.25) is 0 Å². The van der Waals surface area contributed by atoms with Crippen LogP contribution in [0.15, 0.2) is 35.0 Å². The molecule has 138 valence electrons. The largest absolute Gasteiger partial charge is 0.143 e. The third-order valence-corrected chi connectivity index (χ3v) is 14.3. The predicted molar refractivity (Wildman–Crippen MR) is 127 cm³/mol. The Morgan fingerprint density at radius 2 is 1.04 bits per heavy atom. The van der Waals surface area contributed by atoms with E-state index in [1.54, 1.807) is 43.4 Å². The van der Waals surface area contributed by atoms with Crippen molar-refractivity contribution in [3.63, 3.8) is 0 Å². The molecule has 0 saturated carbocycles. The Kier molecular flexibility index (Phi) is 4.53. The highest BCUT2D eigenvalue weighted by molar-refractivity contribution is 7.62. The second-order valence-corrected chi connectivity index (χ2v) is 13.8. The van der Waals surface area contributed by atoms with Crippen molar-refractivity contribution in [3.8, 4) is 30.9 Å². The van der Waals surface area contributed by atoms with Gasteiger partial charge in [-0.1, -0.05) is 12.1 Å². The minimum atomic E-state index is -0.188. The van der Waals surface area contributed by atoms with Gasteiger partial charge in [0.2, 0.25) is 0 Å². The standard InChI is InChI=1S/C23H24P2S2/c1-14-16(3)22-23-17(4)15(2)21(19-9-6-13-27-19)25(23)11-7-10-24(22)20(14)18-8-5-12-26-18/h5-6,8-9,12-13H,7,10-11H2,1-4H3. The summed E-state index contributed by atoms with van der Waals surface area (Å²) in [5, 5.41) is 11.4. The van der Waals surface area contributed by atoms with Crippen LogP contribution in [0.4, 0.5) is 0 Å². The van der Waals surface area contributed by atoms with Crippen molar-refractivity contribution in [3.05, 3.63) is 57.3 Å². The molecule has 0 fully saturated rings. The molecule has 0 bridgehead atoms. The Morgan fingerprint density at radius 1 is 0.630 bits per heavy atom. The molecule has 2 unspecified atom stereocenters. The molecule has 5 rings (SSSR count). The second kappa shape index (κ2) is 6.78. The van der Waals surface area contributed by atoms with Gasteiger partial charge >= 0.3 is 0 Å². The molecule has 0 radical (unpaired) electrons. The maximum Gasteiger partial charge on any atom is 0.0385 e. The first kappa shape index (κ1) is 18.0. The molecule has 0 aliphatic carbocycles. The third-order valence-electron chi connectivity index (χ3n) is 6.12. The lowest BCUT2D eigenvalue weighted by Crippen LogP contribution is -1.80. The summed E-state index contributed by atoms with van der Waals surface area (Å²) in [7, 11) is -0.376. The zero-order valence-corrected chi connectivity index (χ0v) is 19.7. The van der Waals surface area contributed by atoms with Gasteiger partial charge in [-0.25, -0.2) is 0 Å². The van der Waals surface area contributed by atoms with E-state index < -0.39 is 0 Å². The summed E-state index contributed by atoms with van der Waals surface area (Å²) in [6.07, 6.45) is 4.12. The molecule has 0 nitrogen and oxygen atoms in total. The Hall–Kier alpha value is -1.04. The Morgan fingerprint density at radius 3 is 1.41 bits per heavy atom. The normalized spacial score (nSPS) is 14.8. The molecule has 5 heterocycles. The molecular weight excluding hydrogens is 402 g/mol. The molecule has 0 amide bonds. The Labute approximate surface area is 172 Å². The van der Waals surface area contributed by atoms with Crippen LogP contribution in [-0.4, -0.2) is 0 Å². The molecule has 27 heavy (non-hydrogen) atoms. The van der Waals surface area contributed by atoms with Gasteiger partial charge < -0.3 is 0 Å². The van der Waals surface area contributed by atoms with Gasteiger partial charge in [-0.15, -0.1) is 37.7 Å². The minimum absolute atomic E-state index is 0.188. The SMILES string of the molecule is Cc1c(C)c2p(c1-c1cccs1)CCCp1c(-c3cccs3)c(C)c(C)c1-2. The molecule has 0 aromatic carbocycles. The molecule has 4 heteroatoms. The molecular formula is C23H24P2S2. The zero-order chi connectivity index (χ0) is 18.7. The Bertz CT molecular complexity index is 1030. The lowest BCUT2D eigenvalue weighted by atomic mass is 10.1. The maximum absolute atomic E-state index is 2.40. The van der Waals surface area contributed by atoms with Crippen LogP contribution in [0.25, 0.3) is 30.9 Å². The highest BCUT2D eigenvalue weighted by Crippen LogP contribution is 2.67. The van der Waals surface area contributed by atoms with Crippen LogP contribution in [0.3, 0.4) is 0 Å². The highest BCUT2D eigenvalue weighted by atomic mass is 32.1. The summed E-state index contributed by atoms with van der Waals surface area (Å²) in [6, 6.07) is 9.11. The monoisotopic (exact) mass is 426 g/mol. The topological polar surface area (TPSA) is 0 Å². The van der Waals surface area contributed by atoms with Crippen molar-refractivity contribution in [2.45, 2.75) is 46.4 Å². The predicted octanol–water partition coefficient (Wildman–Crippen LogP) is 9.42. The van der Waals surface area contributed by atoms with Crippen molar-refractivity contribution in [1.29, 1.82) is 0 Å². The van der Waals surface area contributed by atoms with Crippen LogP contribution in [0.5, 0.6) is 0 Å². The minimum Gasteiger partial charge on any atom is -0.143 e. The lowest BCUT2D eigenvalue weighted by molar-refractivity contribution is 0.987. The molecule has 1 aliphatic rings. The van der Waals surface area contributed by atoms with E-state index in [0.717, 1.165) is 0 Å².